The molecule has 0 atom stereocenters. The SMILES string of the molecule is COc1ccnc(-c2ccc3c4[nH]ncc4c(=O)n(CC(F)(F)F)c3c2)c1. The molecule has 9 heteroatoms. The summed E-state index contributed by atoms with van der Waals surface area (Å²) in [7, 11) is 1.51. The maximum Gasteiger partial charge on any atom is 0.406 e. The molecule has 1 aromatic carbocycles. The van der Waals surface area contributed by atoms with E-state index in [1.54, 1.807) is 30.5 Å². The van der Waals surface area contributed by atoms with E-state index in [0.717, 1.165) is 4.57 Å². The molecule has 4 rings (SSSR count). The fraction of sp³-hybridized carbons (Fsp3) is 0.167. The van der Waals surface area contributed by atoms with Crippen molar-refractivity contribution in [3.05, 3.63) is 53.1 Å². The second-order valence-electron chi connectivity index (χ2n) is 5.98. The standard InChI is InChI=1S/C18H13F3N4O2/c1-27-11-4-5-22-14(7-11)10-2-3-12-15(6-10)25(9-18(19,20)21)17(26)13-8-23-24-16(12)13/h2-8H,9H2,1H3,(H,23,24). The molecule has 0 aliphatic heterocycles. The van der Waals surface area contributed by atoms with Crippen LogP contribution in [0.4, 0.5) is 13.2 Å². The second kappa shape index (κ2) is 6.11. The van der Waals surface area contributed by atoms with Crippen molar-refractivity contribution in [1.82, 2.24) is 19.7 Å². The van der Waals surface area contributed by atoms with E-state index in [-0.39, 0.29) is 10.9 Å². The highest BCUT2D eigenvalue weighted by molar-refractivity contribution is 6.04. The molecule has 0 fully saturated rings. The molecule has 1 N–H and O–H groups in total. The van der Waals surface area contributed by atoms with Gasteiger partial charge in [0.2, 0.25) is 0 Å². The fourth-order valence-electron chi connectivity index (χ4n) is 3.07. The summed E-state index contributed by atoms with van der Waals surface area (Å²) in [5, 5.41) is 7.08. The van der Waals surface area contributed by atoms with Crippen LogP contribution in [0.5, 0.6) is 5.75 Å². The zero-order valence-corrected chi connectivity index (χ0v) is 14.0. The van der Waals surface area contributed by atoms with Crippen molar-refractivity contribution in [2.24, 2.45) is 0 Å². The molecule has 4 aromatic rings. The summed E-state index contributed by atoms with van der Waals surface area (Å²) < 4.78 is 45.1. The van der Waals surface area contributed by atoms with Gasteiger partial charge in [0.25, 0.3) is 5.56 Å². The lowest BCUT2D eigenvalue weighted by Gasteiger charge is -2.14. The summed E-state index contributed by atoms with van der Waals surface area (Å²) in [6.45, 7) is -1.39. The van der Waals surface area contributed by atoms with Crippen LogP contribution in [0.1, 0.15) is 0 Å². The predicted molar refractivity (Wildman–Crippen MR) is 93.7 cm³/mol. The maximum atomic E-state index is 13.1. The quantitative estimate of drug-likeness (QED) is 0.596. The van der Waals surface area contributed by atoms with Gasteiger partial charge < -0.3 is 4.74 Å². The van der Waals surface area contributed by atoms with Crippen LogP contribution in [0.15, 0.2) is 47.5 Å². The summed E-state index contributed by atoms with van der Waals surface area (Å²) in [4.78, 5) is 16.8. The van der Waals surface area contributed by atoms with Crippen molar-refractivity contribution in [2.75, 3.05) is 7.11 Å². The van der Waals surface area contributed by atoms with Gasteiger partial charge in [-0.05, 0) is 12.1 Å². The molecule has 0 aliphatic rings. The van der Waals surface area contributed by atoms with Crippen molar-refractivity contribution in [3.8, 4) is 17.0 Å². The molecule has 0 spiro atoms. The van der Waals surface area contributed by atoms with Crippen LogP contribution in [0.25, 0.3) is 33.1 Å². The Bertz CT molecular complexity index is 1210. The van der Waals surface area contributed by atoms with Crippen LogP contribution in [0.2, 0.25) is 0 Å². The number of halogens is 3. The Balaban J connectivity index is 2.02. The summed E-state index contributed by atoms with van der Waals surface area (Å²) in [6, 6.07) is 8.23. The molecular formula is C18H13F3N4O2. The first-order valence-corrected chi connectivity index (χ1v) is 7.94. The lowest BCUT2D eigenvalue weighted by molar-refractivity contribution is -0.140. The highest BCUT2D eigenvalue weighted by atomic mass is 19.4. The molecule has 0 aliphatic carbocycles. The molecule has 6 nitrogen and oxygen atoms in total. The number of aromatic amines is 1. The molecule has 3 aromatic heterocycles. The van der Waals surface area contributed by atoms with Crippen molar-refractivity contribution in [2.45, 2.75) is 12.7 Å². The molecule has 27 heavy (non-hydrogen) atoms. The van der Waals surface area contributed by atoms with Crippen molar-refractivity contribution < 1.29 is 17.9 Å². The van der Waals surface area contributed by atoms with Gasteiger partial charge >= 0.3 is 6.18 Å². The number of pyridine rings is 2. The van der Waals surface area contributed by atoms with Crippen molar-refractivity contribution in [1.29, 1.82) is 0 Å². The summed E-state index contributed by atoms with van der Waals surface area (Å²) in [5.41, 5.74) is 0.886. The van der Waals surface area contributed by atoms with E-state index in [4.69, 9.17) is 4.74 Å². The number of H-pyrrole nitrogens is 1. The molecule has 0 amide bonds. The Labute approximate surface area is 150 Å². The highest BCUT2D eigenvalue weighted by Crippen LogP contribution is 2.29. The molecule has 0 radical (unpaired) electrons. The van der Waals surface area contributed by atoms with Gasteiger partial charge in [0.1, 0.15) is 12.3 Å². The number of aromatic nitrogens is 4. The third-order valence-corrected chi connectivity index (χ3v) is 4.27. The number of rotatable bonds is 3. The Hall–Kier alpha value is -3.36. The minimum absolute atomic E-state index is 0.110. The molecule has 3 heterocycles. The average molecular weight is 374 g/mol. The maximum absolute atomic E-state index is 13.1. The van der Waals surface area contributed by atoms with E-state index in [0.29, 0.717) is 27.9 Å². The number of alkyl halides is 3. The van der Waals surface area contributed by atoms with Gasteiger partial charge in [-0.3, -0.25) is 19.4 Å². The minimum atomic E-state index is -4.54. The lowest BCUT2D eigenvalue weighted by Crippen LogP contribution is -2.28. The van der Waals surface area contributed by atoms with Crippen LogP contribution in [0.3, 0.4) is 0 Å². The minimum Gasteiger partial charge on any atom is -0.497 e. The summed E-state index contributed by atoms with van der Waals surface area (Å²) in [5.74, 6) is 0.566. The smallest absolute Gasteiger partial charge is 0.406 e. The molecule has 0 bridgehead atoms. The third-order valence-electron chi connectivity index (χ3n) is 4.27. The third kappa shape index (κ3) is 3.01. The van der Waals surface area contributed by atoms with E-state index in [1.165, 1.54) is 19.4 Å². The van der Waals surface area contributed by atoms with Gasteiger partial charge in [-0.2, -0.15) is 18.3 Å². The first-order valence-electron chi connectivity index (χ1n) is 7.94. The topological polar surface area (TPSA) is 72.8 Å². The summed E-state index contributed by atoms with van der Waals surface area (Å²) >= 11 is 0. The zero-order valence-electron chi connectivity index (χ0n) is 14.0. The van der Waals surface area contributed by atoms with Gasteiger partial charge in [-0.15, -0.1) is 0 Å². The van der Waals surface area contributed by atoms with Crippen LogP contribution in [-0.2, 0) is 6.54 Å². The van der Waals surface area contributed by atoms with Crippen LogP contribution in [0, 0.1) is 0 Å². The van der Waals surface area contributed by atoms with Gasteiger partial charge in [0.15, 0.2) is 0 Å². The first-order chi connectivity index (χ1) is 12.9. The van der Waals surface area contributed by atoms with Gasteiger partial charge in [0.05, 0.1) is 35.4 Å². The first kappa shape index (κ1) is 17.1. The number of benzene rings is 1. The number of nitrogens with zero attached hydrogens (tertiary/aromatic N) is 3. The normalized spacial score (nSPS) is 12.0. The fourth-order valence-corrected chi connectivity index (χ4v) is 3.07. The van der Waals surface area contributed by atoms with Gasteiger partial charge in [-0.1, -0.05) is 12.1 Å². The molecule has 0 saturated carbocycles. The number of nitrogens with one attached hydrogen (secondary N) is 1. The lowest BCUT2D eigenvalue weighted by atomic mass is 10.1. The number of methoxy groups -OCH3 is 1. The van der Waals surface area contributed by atoms with Crippen molar-refractivity contribution >= 4 is 21.8 Å². The Morgan fingerprint density at radius 1 is 1.19 bits per heavy atom. The zero-order chi connectivity index (χ0) is 19.2. The molecule has 0 saturated heterocycles. The Morgan fingerprint density at radius 3 is 2.74 bits per heavy atom. The molecule has 0 unspecified atom stereocenters. The van der Waals surface area contributed by atoms with E-state index in [9.17, 15) is 18.0 Å². The van der Waals surface area contributed by atoms with Crippen molar-refractivity contribution in [3.63, 3.8) is 0 Å². The Kier molecular flexibility index (Phi) is 3.87. The second-order valence-corrected chi connectivity index (χ2v) is 5.98. The van der Waals surface area contributed by atoms with E-state index in [1.807, 2.05) is 0 Å². The van der Waals surface area contributed by atoms with Crippen LogP contribution in [-0.4, -0.2) is 33.0 Å². The highest BCUT2D eigenvalue weighted by Gasteiger charge is 2.30. The number of fused-ring (bicyclic) bond motifs is 3. The molecular weight excluding hydrogens is 361 g/mol. The predicted octanol–water partition coefficient (Wildman–Crippen LogP) is 3.51. The van der Waals surface area contributed by atoms with E-state index >= 15 is 0 Å². The number of hydrogen-bond acceptors (Lipinski definition) is 4. The molecule has 138 valence electrons. The van der Waals surface area contributed by atoms with Gasteiger partial charge in [0, 0.05) is 23.2 Å². The monoisotopic (exact) mass is 374 g/mol. The van der Waals surface area contributed by atoms with Gasteiger partial charge in [-0.25, -0.2) is 0 Å². The van der Waals surface area contributed by atoms with E-state index in [2.05, 4.69) is 15.2 Å². The van der Waals surface area contributed by atoms with Crippen LogP contribution < -0.4 is 10.3 Å². The summed E-state index contributed by atoms with van der Waals surface area (Å²) in [6.07, 6.45) is -1.76. The van der Waals surface area contributed by atoms with Crippen LogP contribution >= 0.6 is 0 Å². The largest absolute Gasteiger partial charge is 0.497 e. The number of hydrogen-bond donors (Lipinski definition) is 1. The average Bonchev–Trinajstić information content (AvgIpc) is 3.14. The number of ether oxygens (including phenoxy) is 1. The Morgan fingerprint density at radius 2 is 2.00 bits per heavy atom. The van der Waals surface area contributed by atoms with E-state index < -0.39 is 18.3 Å².